The average molecular weight is 459 g/mol. The van der Waals surface area contributed by atoms with E-state index in [1.54, 1.807) is 35.9 Å². The van der Waals surface area contributed by atoms with Crippen molar-refractivity contribution in [2.75, 3.05) is 24.8 Å². The van der Waals surface area contributed by atoms with Gasteiger partial charge in [0.2, 0.25) is 5.91 Å². The molecule has 4 rings (SSSR count). The summed E-state index contributed by atoms with van der Waals surface area (Å²) in [6.45, 7) is 2.20. The van der Waals surface area contributed by atoms with E-state index in [9.17, 15) is 14.0 Å². The number of thioether (sulfide) groups is 1. The summed E-state index contributed by atoms with van der Waals surface area (Å²) in [6.07, 6.45) is 0. The fourth-order valence-electron chi connectivity index (χ4n) is 3.17. The number of hydrogen-bond donors (Lipinski definition) is 1. The molecule has 0 saturated carbocycles. The van der Waals surface area contributed by atoms with E-state index in [0.29, 0.717) is 38.0 Å². The van der Waals surface area contributed by atoms with Crippen LogP contribution in [0.3, 0.4) is 0 Å². The molecule has 160 valence electrons. The fourth-order valence-corrected chi connectivity index (χ4v) is 4.97. The summed E-state index contributed by atoms with van der Waals surface area (Å²) in [5.41, 5.74) is 1.02. The van der Waals surface area contributed by atoms with Crippen LogP contribution in [0.15, 0.2) is 52.4 Å². The molecule has 1 N–H and O–H groups in total. The molecule has 0 fully saturated rings. The van der Waals surface area contributed by atoms with Crippen LogP contribution in [-0.4, -0.2) is 39.9 Å². The van der Waals surface area contributed by atoms with Gasteiger partial charge in [-0.3, -0.25) is 14.2 Å². The van der Waals surface area contributed by atoms with Crippen LogP contribution in [0.1, 0.15) is 13.0 Å². The highest BCUT2D eigenvalue weighted by Gasteiger charge is 2.18. The standard InChI is InChI=1S/C21H19FN4O3S2/c1-12(10-29-2)26-19(28)14-5-3-4-6-15(14)24-21(26)30-11-18(27)25-20-23-16-8-7-13(22)9-17(16)31-20/h3-9,12H,10-11H2,1-2H3,(H,23,25,27)/t12-/m0/s1. The molecule has 0 spiro atoms. The summed E-state index contributed by atoms with van der Waals surface area (Å²) < 4.78 is 20.8. The predicted octanol–water partition coefficient (Wildman–Crippen LogP) is 4.08. The molecule has 0 unspecified atom stereocenters. The molecule has 4 aromatic rings. The summed E-state index contributed by atoms with van der Waals surface area (Å²) in [6, 6.07) is 11.1. The number of aromatic nitrogens is 3. The molecule has 0 aliphatic carbocycles. The van der Waals surface area contributed by atoms with E-state index in [1.165, 1.54) is 35.2 Å². The van der Waals surface area contributed by atoms with Crippen LogP contribution in [0.5, 0.6) is 0 Å². The van der Waals surface area contributed by atoms with E-state index in [-0.39, 0.29) is 29.1 Å². The third kappa shape index (κ3) is 4.60. The van der Waals surface area contributed by atoms with E-state index >= 15 is 0 Å². The van der Waals surface area contributed by atoms with E-state index in [4.69, 9.17) is 4.74 Å². The Balaban J connectivity index is 1.56. The number of carbonyl (C=O) groups is 1. The maximum Gasteiger partial charge on any atom is 0.262 e. The van der Waals surface area contributed by atoms with E-state index in [2.05, 4.69) is 15.3 Å². The minimum Gasteiger partial charge on any atom is -0.383 e. The number of nitrogens with zero attached hydrogens (tertiary/aromatic N) is 3. The Bertz CT molecular complexity index is 1320. The molecule has 0 aliphatic rings. The maximum atomic E-state index is 13.4. The summed E-state index contributed by atoms with van der Waals surface area (Å²) in [5.74, 6) is -0.609. The van der Waals surface area contributed by atoms with Crippen LogP contribution in [0.2, 0.25) is 0 Å². The molecule has 1 atom stereocenters. The lowest BCUT2D eigenvalue weighted by molar-refractivity contribution is -0.113. The molecule has 10 heteroatoms. The Kier molecular flexibility index (Phi) is 6.30. The first kappa shape index (κ1) is 21.4. The molecule has 0 radical (unpaired) electrons. The predicted molar refractivity (Wildman–Crippen MR) is 122 cm³/mol. The van der Waals surface area contributed by atoms with Crippen molar-refractivity contribution < 1.29 is 13.9 Å². The lowest BCUT2D eigenvalue weighted by atomic mass is 10.2. The third-order valence-electron chi connectivity index (χ3n) is 4.55. The van der Waals surface area contributed by atoms with Gasteiger partial charge in [-0.05, 0) is 37.3 Å². The Morgan fingerprint density at radius 1 is 1.26 bits per heavy atom. The number of ether oxygens (including phenoxy) is 1. The Morgan fingerprint density at radius 3 is 2.87 bits per heavy atom. The van der Waals surface area contributed by atoms with Crippen LogP contribution in [-0.2, 0) is 9.53 Å². The number of anilines is 1. The van der Waals surface area contributed by atoms with Gasteiger partial charge < -0.3 is 10.1 Å². The SMILES string of the molecule is COC[C@H](C)n1c(SCC(=O)Nc2nc3ccc(F)cc3s2)nc2ccccc2c1=O. The second-order valence-electron chi connectivity index (χ2n) is 6.86. The normalized spacial score (nSPS) is 12.4. The molecule has 7 nitrogen and oxygen atoms in total. The van der Waals surface area contributed by atoms with Crippen molar-refractivity contribution in [1.29, 1.82) is 0 Å². The molecule has 1 amide bonds. The van der Waals surface area contributed by atoms with Gasteiger partial charge in [0.1, 0.15) is 5.82 Å². The van der Waals surface area contributed by atoms with Gasteiger partial charge >= 0.3 is 0 Å². The second kappa shape index (κ2) is 9.13. The topological polar surface area (TPSA) is 86.1 Å². The summed E-state index contributed by atoms with van der Waals surface area (Å²) in [4.78, 5) is 34.4. The molecular weight excluding hydrogens is 439 g/mol. The van der Waals surface area contributed by atoms with Crippen molar-refractivity contribution in [2.45, 2.75) is 18.1 Å². The number of fused-ring (bicyclic) bond motifs is 2. The van der Waals surface area contributed by atoms with Crippen molar-refractivity contribution in [3.63, 3.8) is 0 Å². The highest BCUT2D eigenvalue weighted by atomic mass is 32.2. The number of amides is 1. The van der Waals surface area contributed by atoms with E-state index < -0.39 is 0 Å². The lowest BCUT2D eigenvalue weighted by Crippen LogP contribution is -2.29. The number of para-hydroxylation sites is 1. The number of carbonyl (C=O) groups excluding carboxylic acids is 1. The molecule has 2 heterocycles. The zero-order valence-electron chi connectivity index (χ0n) is 16.8. The van der Waals surface area contributed by atoms with Crippen molar-refractivity contribution >= 4 is 55.3 Å². The molecule has 31 heavy (non-hydrogen) atoms. The quantitative estimate of drug-likeness (QED) is 0.332. The van der Waals surface area contributed by atoms with Crippen molar-refractivity contribution in [2.24, 2.45) is 0 Å². The largest absolute Gasteiger partial charge is 0.383 e. The van der Waals surface area contributed by atoms with Crippen molar-refractivity contribution in [3.05, 3.63) is 58.6 Å². The molecular formula is C21H19FN4O3S2. The monoisotopic (exact) mass is 458 g/mol. The number of rotatable bonds is 7. The minimum atomic E-state index is -0.352. The van der Waals surface area contributed by atoms with Crippen molar-refractivity contribution in [3.8, 4) is 0 Å². The summed E-state index contributed by atoms with van der Waals surface area (Å²) in [5, 5.41) is 4.08. The van der Waals surface area contributed by atoms with Crippen LogP contribution < -0.4 is 10.9 Å². The maximum absolute atomic E-state index is 13.4. The average Bonchev–Trinajstić information content (AvgIpc) is 3.13. The first-order valence-electron chi connectivity index (χ1n) is 9.45. The third-order valence-corrected chi connectivity index (χ3v) is 6.44. The second-order valence-corrected chi connectivity index (χ2v) is 8.83. The number of thiazole rings is 1. The van der Waals surface area contributed by atoms with E-state index in [1.807, 2.05) is 13.0 Å². The Morgan fingerprint density at radius 2 is 2.06 bits per heavy atom. The van der Waals surface area contributed by atoms with Crippen LogP contribution in [0.25, 0.3) is 21.1 Å². The van der Waals surface area contributed by atoms with Crippen LogP contribution in [0.4, 0.5) is 9.52 Å². The Hall–Kier alpha value is -2.82. The highest BCUT2D eigenvalue weighted by molar-refractivity contribution is 7.99. The number of methoxy groups -OCH3 is 1. The Labute approximate surface area is 185 Å². The zero-order valence-corrected chi connectivity index (χ0v) is 18.4. The molecule has 0 bridgehead atoms. The highest BCUT2D eigenvalue weighted by Crippen LogP contribution is 2.27. The van der Waals surface area contributed by atoms with Gasteiger partial charge in [0.15, 0.2) is 10.3 Å². The number of hydrogen-bond acceptors (Lipinski definition) is 7. The van der Waals surface area contributed by atoms with Gasteiger partial charge in [-0.15, -0.1) is 0 Å². The summed E-state index contributed by atoms with van der Waals surface area (Å²) >= 11 is 2.37. The van der Waals surface area contributed by atoms with Crippen LogP contribution >= 0.6 is 23.1 Å². The lowest BCUT2D eigenvalue weighted by Gasteiger charge is -2.18. The zero-order chi connectivity index (χ0) is 22.0. The molecule has 0 aliphatic heterocycles. The molecule has 2 aromatic carbocycles. The van der Waals surface area contributed by atoms with Crippen LogP contribution in [0, 0.1) is 5.82 Å². The van der Waals surface area contributed by atoms with Gasteiger partial charge in [0.25, 0.3) is 5.56 Å². The van der Waals surface area contributed by atoms with E-state index in [0.717, 1.165) is 0 Å². The fraction of sp³-hybridized carbons (Fsp3) is 0.238. The van der Waals surface area contributed by atoms with Gasteiger partial charge in [-0.1, -0.05) is 35.2 Å². The van der Waals surface area contributed by atoms with Gasteiger partial charge in [-0.2, -0.15) is 0 Å². The smallest absolute Gasteiger partial charge is 0.262 e. The molecule has 2 aromatic heterocycles. The van der Waals surface area contributed by atoms with Crippen molar-refractivity contribution in [1.82, 2.24) is 14.5 Å². The summed E-state index contributed by atoms with van der Waals surface area (Å²) in [7, 11) is 1.57. The van der Waals surface area contributed by atoms with Gasteiger partial charge in [-0.25, -0.2) is 14.4 Å². The minimum absolute atomic E-state index is 0.0365. The number of nitrogens with one attached hydrogen (secondary N) is 1. The number of benzene rings is 2. The first-order chi connectivity index (χ1) is 15.0. The number of halogens is 1. The molecule has 0 saturated heterocycles. The first-order valence-corrected chi connectivity index (χ1v) is 11.3. The van der Waals surface area contributed by atoms with Gasteiger partial charge in [0.05, 0.1) is 39.5 Å². The van der Waals surface area contributed by atoms with Gasteiger partial charge in [0, 0.05) is 7.11 Å².